The summed E-state index contributed by atoms with van der Waals surface area (Å²) >= 11 is 6.25. The highest BCUT2D eigenvalue weighted by Crippen LogP contribution is 2.22. The Morgan fingerprint density at radius 1 is 0.972 bits per heavy atom. The molecule has 0 saturated heterocycles. The lowest BCUT2D eigenvalue weighted by atomic mass is 10.0. The monoisotopic (exact) mass is 521 g/mol. The van der Waals surface area contributed by atoms with Gasteiger partial charge in [0.05, 0.1) is 12.3 Å². The molecule has 36 heavy (non-hydrogen) atoms. The third kappa shape index (κ3) is 9.11. The summed E-state index contributed by atoms with van der Waals surface area (Å²) in [4.78, 5) is 41.6. The minimum Gasteiger partial charge on any atom is -0.461 e. The molecule has 0 saturated carbocycles. The average molecular weight is 522 g/mol. The summed E-state index contributed by atoms with van der Waals surface area (Å²) in [5.74, 6) is -0.452. The fraction of sp³-hybridized carbons (Fsp3) is 0.500. The van der Waals surface area contributed by atoms with Gasteiger partial charge in [-0.2, -0.15) is 0 Å². The smallest absolute Gasteiger partial charge is 0.419 e. The van der Waals surface area contributed by atoms with Gasteiger partial charge in [0.1, 0.15) is 16.9 Å². The average Bonchev–Trinajstić information content (AvgIpc) is 3.19. The number of amides is 2. The highest BCUT2D eigenvalue weighted by molar-refractivity contribution is 6.30. The maximum Gasteiger partial charge on any atom is 0.419 e. The van der Waals surface area contributed by atoms with Crippen LogP contribution in [0.3, 0.4) is 0 Å². The summed E-state index contributed by atoms with van der Waals surface area (Å²) in [6, 6.07) is 7.14. The second-order valence-corrected chi connectivity index (χ2v) is 10.6. The molecule has 2 N–H and O–H groups in total. The van der Waals surface area contributed by atoms with Crippen molar-refractivity contribution in [3.63, 3.8) is 0 Å². The topological polar surface area (TPSA) is 110 Å². The van der Waals surface area contributed by atoms with Crippen LogP contribution in [0, 0.1) is 0 Å². The fourth-order valence-electron chi connectivity index (χ4n) is 3.20. The molecule has 1 aromatic heterocycles. The second-order valence-electron chi connectivity index (χ2n) is 10.1. The molecule has 0 radical (unpaired) electrons. The molecular formula is C26H36ClN3O6. The Hall–Kier alpha value is -3.20. The molecule has 0 fully saturated rings. The Kier molecular flexibility index (Phi) is 9.81. The van der Waals surface area contributed by atoms with Crippen molar-refractivity contribution in [3.8, 4) is 0 Å². The van der Waals surface area contributed by atoms with Crippen molar-refractivity contribution in [2.45, 2.75) is 72.6 Å². The van der Waals surface area contributed by atoms with Gasteiger partial charge in [0, 0.05) is 24.3 Å². The van der Waals surface area contributed by atoms with E-state index in [0.29, 0.717) is 29.4 Å². The molecule has 198 valence electrons. The number of carbonyl (C=O) groups excluding carboxylic acids is 3. The number of nitrogens with one attached hydrogen (secondary N) is 2. The Morgan fingerprint density at radius 2 is 1.58 bits per heavy atom. The molecule has 10 heteroatoms. The molecule has 9 nitrogen and oxygen atoms in total. The standard InChI is InChI=1S/C26H36ClN3O6/c1-8-34-22(31)21-20(11-13-28-21)29-16-18-9-10-19(27)15-17(18)12-14-30(23(32)35-25(2,3)4)24(33)36-26(5,6)7/h9-11,13,15,28-29H,8,12,14,16H2,1-7H3. The summed E-state index contributed by atoms with van der Waals surface area (Å²) in [6.45, 7) is 12.8. The molecule has 1 heterocycles. The Bertz CT molecular complexity index is 1040. The summed E-state index contributed by atoms with van der Waals surface area (Å²) < 4.78 is 15.9. The number of hydrogen-bond donors (Lipinski definition) is 2. The molecule has 2 amide bonds. The number of halogens is 1. The first kappa shape index (κ1) is 29.0. The van der Waals surface area contributed by atoms with E-state index in [2.05, 4.69) is 10.3 Å². The molecule has 2 rings (SSSR count). The molecule has 1 aromatic carbocycles. The van der Waals surface area contributed by atoms with Crippen LogP contribution < -0.4 is 5.32 Å². The van der Waals surface area contributed by atoms with E-state index in [1.807, 2.05) is 6.07 Å². The second kappa shape index (κ2) is 12.2. The predicted octanol–water partition coefficient (Wildman–Crippen LogP) is 6.17. The van der Waals surface area contributed by atoms with Crippen LogP contribution in [0.25, 0.3) is 0 Å². The van der Waals surface area contributed by atoms with Crippen LogP contribution in [-0.2, 0) is 27.2 Å². The van der Waals surface area contributed by atoms with Gasteiger partial charge in [0.25, 0.3) is 0 Å². The van der Waals surface area contributed by atoms with Gasteiger partial charge in [0.2, 0.25) is 0 Å². The quantitative estimate of drug-likeness (QED) is 0.315. The molecule has 0 spiro atoms. The van der Waals surface area contributed by atoms with E-state index in [1.165, 1.54) is 0 Å². The maximum absolute atomic E-state index is 12.8. The first-order valence-electron chi connectivity index (χ1n) is 11.8. The highest BCUT2D eigenvalue weighted by Gasteiger charge is 2.31. The molecule has 0 aliphatic carbocycles. The van der Waals surface area contributed by atoms with Crippen molar-refractivity contribution in [2.75, 3.05) is 18.5 Å². The molecule has 0 atom stereocenters. The number of aromatic nitrogens is 1. The van der Waals surface area contributed by atoms with Crippen LogP contribution in [0.4, 0.5) is 15.3 Å². The van der Waals surface area contributed by atoms with Crippen LogP contribution in [-0.4, -0.2) is 52.4 Å². The summed E-state index contributed by atoms with van der Waals surface area (Å²) in [5, 5.41) is 3.75. The largest absolute Gasteiger partial charge is 0.461 e. The fourth-order valence-corrected chi connectivity index (χ4v) is 3.40. The van der Waals surface area contributed by atoms with Gasteiger partial charge in [-0.1, -0.05) is 17.7 Å². The zero-order valence-corrected chi connectivity index (χ0v) is 22.7. The van der Waals surface area contributed by atoms with Crippen molar-refractivity contribution in [1.29, 1.82) is 0 Å². The number of imide groups is 1. The van der Waals surface area contributed by atoms with Gasteiger partial charge in [-0.25, -0.2) is 19.3 Å². The minimum atomic E-state index is -0.787. The first-order valence-corrected chi connectivity index (χ1v) is 12.2. The third-order valence-electron chi connectivity index (χ3n) is 4.70. The summed E-state index contributed by atoms with van der Waals surface area (Å²) in [7, 11) is 0. The normalized spacial score (nSPS) is 11.6. The van der Waals surface area contributed by atoms with Crippen LogP contribution in [0.1, 0.15) is 70.1 Å². The van der Waals surface area contributed by atoms with Gasteiger partial charge in [0.15, 0.2) is 0 Å². The van der Waals surface area contributed by atoms with Crippen LogP contribution >= 0.6 is 11.6 Å². The number of esters is 1. The van der Waals surface area contributed by atoms with E-state index in [0.717, 1.165) is 16.0 Å². The molecule has 0 unspecified atom stereocenters. The van der Waals surface area contributed by atoms with Gasteiger partial charge >= 0.3 is 18.2 Å². The Morgan fingerprint density at radius 3 is 2.14 bits per heavy atom. The van der Waals surface area contributed by atoms with Crippen LogP contribution in [0.15, 0.2) is 30.5 Å². The number of aromatic amines is 1. The highest BCUT2D eigenvalue weighted by atomic mass is 35.5. The molecule has 0 bridgehead atoms. The lowest BCUT2D eigenvalue weighted by molar-refractivity contribution is 0.00166. The molecule has 0 aliphatic rings. The zero-order chi connectivity index (χ0) is 27.1. The Balaban J connectivity index is 2.21. The number of rotatable bonds is 8. The van der Waals surface area contributed by atoms with E-state index in [4.69, 9.17) is 25.8 Å². The predicted molar refractivity (Wildman–Crippen MR) is 138 cm³/mol. The van der Waals surface area contributed by atoms with Gasteiger partial charge in [-0.05, 0) is 84.2 Å². The number of anilines is 1. The van der Waals surface area contributed by atoms with Crippen molar-refractivity contribution in [2.24, 2.45) is 0 Å². The van der Waals surface area contributed by atoms with Gasteiger partial charge < -0.3 is 24.5 Å². The number of H-pyrrole nitrogens is 1. The van der Waals surface area contributed by atoms with E-state index in [-0.39, 0.29) is 13.2 Å². The van der Waals surface area contributed by atoms with E-state index < -0.39 is 29.4 Å². The minimum absolute atomic E-state index is 0.0232. The van der Waals surface area contributed by atoms with E-state index in [9.17, 15) is 14.4 Å². The summed E-state index contributed by atoms with van der Waals surface area (Å²) in [6.07, 6.45) is 0.389. The number of ether oxygens (including phenoxy) is 3. The lowest BCUT2D eigenvalue weighted by Crippen LogP contribution is -2.44. The zero-order valence-electron chi connectivity index (χ0n) is 22.0. The van der Waals surface area contributed by atoms with E-state index >= 15 is 0 Å². The van der Waals surface area contributed by atoms with E-state index in [1.54, 1.807) is 72.9 Å². The van der Waals surface area contributed by atoms with Gasteiger partial charge in [-0.3, -0.25) is 0 Å². The third-order valence-corrected chi connectivity index (χ3v) is 4.93. The Labute approximate surface area is 217 Å². The first-order chi connectivity index (χ1) is 16.7. The number of carbonyl (C=O) groups is 3. The number of benzene rings is 1. The summed E-state index contributed by atoms with van der Waals surface area (Å²) in [5.41, 5.74) is 1.06. The van der Waals surface area contributed by atoms with Crippen molar-refractivity contribution in [3.05, 3.63) is 52.3 Å². The van der Waals surface area contributed by atoms with Gasteiger partial charge in [-0.15, -0.1) is 0 Å². The molecular weight excluding hydrogens is 486 g/mol. The maximum atomic E-state index is 12.8. The molecule has 0 aliphatic heterocycles. The number of hydrogen-bond acceptors (Lipinski definition) is 7. The van der Waals surface area contributed by atoms with Crippen molar-refractivity contribution < 1.29 is 28.6 Å². The molecule has 2 aromatic rings. The van der Waals surface area contributed by atoms with Crippen molar-refractivity contribution >= 4 is 35.4 Å². The van der Waals surface area contributed by atoms with Crippen LogP contribution in [0.2, 0.25) is 5.02 Å². The lowest BCUT2D eigenvalue weighted by Gasteiger charge is -2.28. The number of nitrogens with zero attached hydrogens (tertiary/aromatic N) is 1. The SMILES string of the molecule is CCOC(=O)c1[nH]ccc1NCc1ccc(Cl)cc1CCN(C(=O)OC(C)(C)C)C(=O)OC(C)(C)C. The van der Waals surface area contributed by atoms with Crippen molar-refractivity contribution in [1.82, 2.24) is 9.88 Å². The van der Waals surface area contributed by atoms with Crippen LogP contribution in [0.5, 0.6) is 0 Å².